The molecule has 1 saturated heterocycles. The maximum Gasteiger partial charge on any atom is 0.163 e. The van der Waals surface area contributed by atoms with Crippen molar-refractivity contribution in [3.8, 4) is 11.4 Å². The van der Waals surface area contributed by atoms with Crippen LogP contribution in [0.2, 0.25) is 5.15 Å². The van der Waals surface area contributed by atoms with Gasteiger partial charge in [0.15, 0.2) is 5.82 Å². The molecule has 2 aromatic rings. The van der Waals surface area contributed by atoms with Gasteiger partial charge in [-0.2, -0.15) is 11.8 Å². The highest BCUT2D eigenvalue weighted by molar-refractivity contribution is 8.00. The van der Waals surface area contributed by atoms with Gasteiger partial charge in [-0.25, -0.2) is 9.97 Å². The van der Waals surface area contributed by atoms with Crippen LogP contribution in [0.5, 0.6) is 0 Å². The molecule has 0 aliphatic carbocycles. The average molecular weight is 320 g/mol. The van der Waals surface area contributed by atoms with Crippen LogP contribution in [0.3, 0.4) is 0 Å². The van der Waals surface area contributed by atoms with E-state index in [1.165, 1.54) is 0 Å². The van der Waals surface area contributed by atoms with E-state index in [1.807, 2.05) is 48.2 Å². The Bertz CT molecular complexity index is 631. The van der Waals surface area contributed by atoms with E-state index in [-0.39, 0.29) is 4.75 Å². The predicted octanol–water partition coefficient (Wildman–Crippen LogP) is 4.13. The van der Waals surface area contributed by atoms with Gasteiger partial charge in [0.25, 0.3) is 0 Å². The van der Waals surface area contributed by atoms with Gasteiger partial charge >= 0.3 is 0 Å². The smallest absolute Gasteiger partial charge is 0.163 e. The van der Waals surface area contributed by atoms with E-state index in [1.54, 1.807) is 0 Å². The topological polar surface area (TPSA) is 29.0 Å². The van der Waals surface area contributed by atoms with Crippen molar-refractivity contribution in [3.63, 3.8) is 0 Å². The molecule has 21 heavy (non-hydrogen) atoms. The molecule has 0 bridgehead atoms. The maximum absolute atomic E-state index is 6.21. The van der Waals surface area contributed by atoms with Crippen molar-refractivity contribution in [1.29, 1.82) is 0 Å². The lowest BCUT2D eigenvalue weighted by molar-refractivity contribution is 0.642. The van der Waals surface area contributed by atoms with Crippen molar-refractivity contribution in [3.05, 3.63) is 41.6 Å². The summed E-state index contributed by atoms with van der Waals surface area (Å²) in [4.78, 5) is 11.4. The first-order valence-electron chi connectivity index (χ1n) is 7.02. The number of nitrogens with zero attached hydrogens (tertiary/aromatic N) is 3. The predicted molar refractivity (Wildman–Crippen MR) is 91.2 cm³/mol. The lowest BCUT2D eigenvalue weighted by atomic mass is 10.2. The molecule has 3 rings (SSSR count). The van der Waals surface area contributed by atoms with Gasteiger partial charge in [0.1, 0.15) is 11.0 Å². The van der Waals surface area contributed by atoms with Crippen LogP contribution < -0.4 is 4.90 Å². The Morgan fingerprint density at radius 2 is 1.95 bits per heavy atom. The van der Waals surface area contributed by atoms with Crippen molar-refractivity contribution in [2.75, 3.05) is 23.7 Å². The van der Waals surface area contributed by atoms with E-state index >= 15 is 0 Å². The fourth-order valence-electron chi connectivity index (χ4n) is 2.50. The third kappa shape index (κ3) is 3.50. The van der Waals surface area contributed by atoms with Crippen molar-refractivity contribution >= 4 is 29.2 Å². The number of rotatable bonds is 2. The summed E-state index contributed by atoms with van der Waals surface area (Å²) in [5.41, 5.74) is 0.992. The van der Waals surface area contributed by atoms with Crippen molar-refractivity contribution in [2.24, 2.45) is 0 Å². The van der Waals surface area contributed by atoms with Gasteiger partial charge in [0.05, 0.1) is 0 Å². The van der Waals surface area contributed by atoms with Gasteiger partial charge < -0.3 is 4.90 Å². The number of hydrogen-bond acceptors (Lipinski definition) is 4. The molecule has 0 atom stereocenters. The van der Waals surface area contributed by atoms with Crippen LogP contribution in [0.4, 0.5) is 5.82 Å². The minimum absolute atomic E-state index is 0.239. The first-order chi connectivity index (χ1) is 10.0. The SMILES string of the molecule is CC1(C)CN(c2cc(Cl)nc(-c3ccccc3)n2)CCS1. The molecule has 0 N–H and O–H groups in total. The summed E-state index contributed by atoms with van der Waals surface area (Å²) >= 11 is 8.21. The monoisotopic (exact) mass is 319 g/mol. The molecular formula is C16H18ClN3S. The summed E-state index contributed by atoms with van der Waals surface area (Å²) < 4.78 is 0.239. The third-order valence-corrected chi connectivity index (χ3v) is 4.95. The second kappa shape index (κ2) is 5.85. The second-order valence-electron chi connectivity index (χ2n) is 5.77. The van der Waals surface area contributed by atoms with Crippen LogP contribution in [0.15, 0.2) is 36.4 Å². The van der Waals surface area contributed by atoms with Crippen molar-refractivity contribution < 1.29 is 0 Å². The summed E-state index contributed by atoms with van der Waals surface area (Å²) in [6.07, 6.45) is 0. The average Bonchev–Trinajstić information content (AvgIpc) is 2.46. The molecule has 2 heterocycles. The lowest BCUT2D eigenvalue weighted by Gasteiger charge is -2.38. The molecule has 1 aromatic heterocycles. The highest BCUT2D eigenvalue weighted by atomic mass is 35.5. The number of halogens is 1. The summed E-state index contributed by atoms with van der Waals surface area (Å²) in [5, 5.41) is 0.495. The van der Waals surface area contributed by atoms with Crippen molar-refractivity contribution in [1.82, 2.24) is 9.97 Å². The molecule has 0 unspecified atom stereocenters. The van der Waals surface area contributed by atoms with Crippen molar-refractivity contribution in [2.45, 2.75) is 18.6 Å². The largest absolute Gasteiger partial charge is 0.354 e. The quantitative estimate of drug-likeness (QED) is 0.778. The Kier molecular flexibility index (Phi) is 4.09. The zero-order chi connectivity index (χ0) is 14.9. The molecule has 5 heteroatoms. The van der Waals surface area contributed by atoms with Gasteiger partial charge in [-0.3, -0.25) is 0 Å². The van der Waals surface area contributed by atoms with Crippen LogP contribution in [0.25, 0.3) is 11.4 Å². The number of thioether (sulfide) groups is 1. The van der Waals surface area contributed by atoms with Crippen LogP contribution in [0.1, 0.15) is 13.8 Å². The number of benzene rings is 1. The van der Waals surface area contributed by atoms with Crippen LogP contribution >= 0.6 is 23.4 Å². The van der Waals surface area contributed by atoms with E-state index in [2.05, 4.69) is 23.7 Å². The Morgan fingerprint density at radius 3 is 2.67 bits per heavy atom. The van der Waals surface area contributed by atoms with Crippen LogP contribution in [0, 0.1) is 0 Å². The van der Waals surface area contributed by atoms with Gasteiger partial charge in [-0.05, 0) is 13.8 Å². The Morgan fingerprint density at radius 1 is 1.19 bits per heavy atom. The lowest BCUT2D eigenvalue weighted by Crippen LogP contribution is -2.43. The molecular weight excluding hydrogens is 302 g/mol. The summed E-state index contributed by atoms with van der Waals surface area (Å²) in [6, 6.07) is 11.8. The maximum atomic E-state index is 6.21. The van der Waals surface area contributed by atoms with Gasteiger partial charge in [-0.1, -0.05) is 41.9 Å². The normalized spacial score (nSPS) is 17.8. The number of hydrogen-bond donors (Lipinski definition) is 0. The third-order valence-electron chi connectivity index (χ3n) is 3.46. The Labute approximate surface area is 134 Å². The summed E-state index contributed by atoms with van der Waals surface area (Å²) in [6.45, 7) is 6.50. The molecule has 110 valence electrons. The first-order valence-corrected chi connectivity index (χ1v) is 8.39. The van der Waals surface area contributed by atoms with Gasteiger partial charge in [0, 0.05) is 35.2 Å². The molecule has 1 aromatic carbocycles. The minimum Gasteiger partial charge on any atom is -0.354 e. The highest BCUT2D eigenvalue weighted by Gasteiger charge is 2.28. The van der Waals surface area contributed by atoms with E-state index in [9.17, 15) is 0 Å². The van der Waals surface area contributed by atoms with Crippen LogP contribution in [-0.4, -0.2) is 33.6 Å². The summed E-state index contributed by atoms with van der Waals surface area (Å²) in [5.74, 6) is 2.71. The van der Waals surface area contributed by atoms with E-state index in [4.69, 9.17) is 16.6 Å². The highest BCUT2D eigenvalue weighted by Crippen LogP contribution is 2.32. The Balaban J connectivity index is 1.95. The van der Waals surface area contributed by atoms with Gasteiger partial charge in [-0.15, -0.1) is 0 Å². The molecule has 0 saturated carbocycles. The first kappa shape index (κ1) is 14.7. The summed E-state index contributed by atoms with van der Waals surface area (Å²) in [7, 11) is 0. The Hall–Kier alpha value is -1.26. The second-order valence-corrected chi connectivity index (χ2v) is 7.96. The fourth-order valence-corrected chi connectivity index (χ4v) is 3.79. The van der Waals surface area contributed by atoms with E-state index in [0.29, 0.717) is 11.0 Å². The molecule has 1 aliphatic rings. The number of anilines is 1. The number of aromatic nitrogens is 2. The minimum atomic E-state index is 0.239. The molecule has 0 radical (unpaired) electrons. The molecule has 0 spiro atoms. The molecule has 3 nitrogen and oxygen atoms in total. The van der Waals surface area contributed by atoms with Gasteiger partial charge in [0.2, 0.25) is 0 Å². The standard InChI is InChI=1S/C16H18ClN3S/c1-16(2)11-20(8-9-21-16)14-10-13(17)18-15(19-14)12-6-4-3-5-7-12/h3-7,10H,8-9,11H2,1-2H3. The van der Waals surface area contributed by atoms with E-state index in [0.717, 1.165) is 30.2 Å². The molecule has 0 amide bonds. The molecule has 1 fully saturated rings. The zero-order valence-corrected chi connectivity index (χ0v) is 13.8. The van der Waals surface area contributed by atoms with E-state index < -0.39 is 0 Å². The zero-order valence-electron chi connectivity index (χ0n) is 12.2. The fraction of sp³-hybridized carbons (Fsp3) is 0.375. The molecule has 1 aliphatic heterocycles. The van der Waals surface area contributed by atoms with Crippen LogP contribution in [-0.2, 0) is 0 Å².